The molecule has 0 heterocycles. The number of carbonyl (C=O) groups excluding carboxylic acids is 1. The van der Waals surface area contributed by atoms with Crippen LogP contribution in [0.5, 0.6) is 0 Å². The Morgan fingerprint density at radius 1 is 1.31 bits per heavy atom. The fourth-order valence-electron chi connectivity index (χ4n) is 1.28. The number of hydrogen-bond donors (Lipinski definition) is 3. The second-order valence-corrected chi connectivity index (χ2v) is 3.20. The normalized spacial score (nSPS) is 9.56. The van der Waals surface area contributed by atoms with Crippen molar-refractivity contribution in [1.82, 2.24) is 5.32 Å². The Kier molecular flexibility index (Phi) is 4.32. The minimum atomic E-state index is -0.929. The van der Waals surface area contributed by atoms with Gasteiger partial charge in [0.25, 0.3) is 5.91 Å². The third-order valence-electron chi connectivity index (χ3n) is 2.07. The average molecular weight is 222 g/mol. The maximum atomic E-state index is 11.7. The predicted molar refractivity (Wildman–Crippen MR) is 60.6 cm³/mol. The van der Waals surface area contributed by atoms with E-state index in [1.54, 1.807) is 25.2 Å². The van der Waals surface area contributed by atoms with Crippen LogP contribution in [0.15, 0.2) is 24.3 Å². The van der Waals surface area contributed by atoms with E-state index in [9.17, 15) is 9.59 Å². The summed E-state index contributed by atoms with van der Waals surface area (Å²) in [5, 5.41) is 13.9. The summed E-state index contributed by atoms with van der Waals surface area (Å²) in [6, 6.07) is 7.04. The molecular formula is C11H14N2O3. The third kappa shape index (κ3) is 3.27. The molecule has 0 radical (unpaired) electrons. The first-order chi connectivity index (χ1) is 7.65. The lowest BCUT2D eigenvalue weighted by atomic mass is 10.1. The number of carboxylic acids is 1. The number of anilines is 1. The second-order valence-electron chi connectivity index (χ2n) is 3.20. The zero-order valence-corrected chi connectivity index (χ0v) is 8.99. The molecule has 0 spiro atoms. The summed E-state index contributed by atoms with van der Waals surface area (Å²) >= 11 is 0. The van der Waals surface area contributed by atoms with Crippen LogP contribution < -0.4 is 10.6 Å². The lowest BCUT2D eigenvalue weighted by molar-refractivity contribution is -0.136. The van der Waals surface area contributed by atoms with E-state index < -0.39 is 5.97 Å². The van der Waals surface area contributed by atoms with Gasteiger partial charge in [-0.05, 0) is 12.1 Å². The summed E-state index contributed by atoms with van der Waals surface area (Å²) in [4.78, 5) is 21.9. The number of hydrogen-bond acceptors (Lipinski definition) is 3. The molecule has 0 saturated heterocycles. The third-order valence-corrected chi connectivity index (χ3v) is 2.07. The zero-order chi connectivity index (χ0) is 12.0. The van der Waals surface area contributed by atoms with Crippen LogP contribution in [0, 0.1) is 0 Å². The van der Waals surface area contributed by atoms with Crippen molar-refractivity contribution in [2.24, 2.45) is 0 Å². The first-order valence-electron chi connectivity index (χ1n) is 4.92. The molecular weight excluding hydrogens is 208 g/mol. The summed E-state index contributed by atoms with van der Waals surface area (Å²) in [6.45, 7) is 0.131. The van der Waals surface area contributed by atoms with Gasteiger partial charge in [-0.3, -0.25) is 9.59 Å². The molecule has 86 valence electrons. The van der Waals surface area contributed by atoms with Crippen molar-refractivity contribution >= 4 is 17.6 Å². The van der Waals surface area contributed by atoms with Crippen LogP contribution in [0.3, 0.4) is 0 Å². The zero-order valence-electron chi connectivity index (χ0n) is 8.99. The quantitative estimate of drug-likeness (QED) is 0.692. The standard InChI is InChI=1S/C11H14N2O3/c1-12-9-5-3-2-4-8(9)11(16)13-7-6-10(14)15/h2-5,12H,6-7H2,1H3,(H,13,16)(H,14,15). The second kappa shape index (κ2) is 5.75. The molecule has 1 amide bonds. The van der Waals surface area contributed by atoms with E-state index in [-0.39, 0.29) is 18.9 Å². The van der Waals surface area contributed by atoms with Crippen molar-refractivity contribution in [2.45, 2.75) is 6.42 Å². The number of para-hydroxylation sites is 1. The number of nitrogens with one attached hydrogen (secondary N) is 2. The molecule has 1 rings (SSSR count). The number of aliphatic carboxylic acids is 1. The Morgan fingerprint density at radius 2 is 2.00 bits per heavy atom. The highest BCUT2D eigenvalue weighted by molar-refractivity contribution is 5.99. The molecule has 5 heteroatoms. The molecule has 0 aliphatic carbocycles. The Hall–Kier alpha value is -2.04. The van der Waals surface area contributed by atoms with E-state index in [4.69, 9.17) is 5.11 Å². The van der Waals surface area contributed by atoms with Gasteiger partial charge in [-0.15, -0.1) is 0 Å². The van der Waals surface area contributed by atoms with E-state index in [0.29, 0.717) is 5.56 Å². The lowest BCUT2D eigenvalue weighted by Gasteiger charge is -2.08. The van der Waals surface area contributed by atoms with Gasteiger partial charge in [0.2, 0.25) is 0 Å². The number of carboxylic acid groups (broad SMARTS) is 1. The van der Waals surface area contributed by atoms with Crippen molar-refractivity contribution in [2.75, 3.05) is 18.9 Å². The maximum absolute atomic E-state index is 11.7. The van der Waals surface area contributed by atoms with E-state index in [0.717, 1.165) is 5.69 Å². The molecule has 0 aliphatic heterocycles. The summed E-state index contributed by atoms with van der Waals surface area (Å²) in [7, 11) is 1.73. The van der Waals surface area contributed by atoms with Crippen molar-refractivity contribution in [3.05, 3.63) is 29.8 Å². The monoisotopic (exact) mass is 222 g/mol. The number of carbonyl (C=O) groups is 2. The van der Waals surface area contributed by atoms with Gasteiger partial charge < -0.3 is 15.7 Å². The van der Waals surface area contributed by atoms with E-state index in [1.165, 1.54) is 0 Å². The number of rotatable bonds is 5. The maximum Gasteiger partial charge on any atom is 0.305 e. The van der Waals surface area contributed by atoms with Crippen molar-refractivity contribution in [3.8, 4) is 0 Å². The predicted octanol–water partition coefficient (Wildman–Crippen LogP) is 0.933. The Bertz CT molecular complexity index is 391. The molecule has 0 bridgehead atoms. The van der Waals surface area contributed by atoms with E-state index in [2.05, 4.69) is 10.6 Å². The first kappa shape index (κ1) is 12.0. The van der Waals surface area contributed by atoms with Crippen LogP contribution in [-0.4, -0.2) is 30.6 Å². The SMILES string of the molecule is CNc1ccccc1C(=O)NCCC(=O)O. The first-order valence-corrected chi connectivity index (χ1v) is 4.92. The van der Waals surface area contributed by atoms with Crippen LogP contribution in [0.2, 0.25) is 0 Å². The molecule has 0 aromatic heterocycles. The van der Waals surface area contributed by atoms with E-state index in [1.807, 2.05) is 6.07 Å². The van der Waals surface area contributed by atoms with Gasteiger partial charge in [-0.2, -0.15) is 0 Å². The van der Waals surface area contributed by atoms with Gasteiger partial charge in [-0.1, -0.05) is 12.1 Å². The largest absolute Gasteiger partial charge is 0.481 e. The molecule has 0 atom stereocenters. The molecule has 1 aromatic rings. The molecule has 5 nitrogen and oxygen atoms in total. The minimum Gasteiger partial charge on any atom is -0.481 e. The van der Waals surface area contributed by atoms with Crippen LogP contribution in [0.4, 0.5) is 5.69 Å². The highest BCUT2D eigenvalue weighted by Crippen LogP contribution is 2.13. The molecule has 16 heavy (non-hydrogen) atoms. The average Bonchev–Trinajstić information content (AvgIpc) is 2.28. The van der Waals surface area contributed by atoms with Crippen LogP contribution >= 0.6 is 0 Å². The van der Waals surface area contributed by atoms with Gasteiger partial charge in [-0.25, -0.2) is 0 Å². The Balaban J connectivity index is 2.62. The summed E-state index contributed by atoms with van der Waals surface area (Å²) in [5.41, 5.74) is 1.23. The fraction of sp³-hybridized carbons (Fsp3) is 0.273. The van der Waals surface area contributed by atoms with Gasteiger partial charge in [0.1, 0.15) is 0 Å². The van der Waals surface area contributed by atoms with Gasteiger partial charge >= 0.3 is 5.97 Å². The van der Waals surface area contributed by atoms with Crippen LogP contribution in [0.25, 0.3) is 0 Å². The number of benzene rings is 1. The molecule has 1 aromatic carbocycles. The van der Waals surface area contributed by atoms with Crippen molar-refractivity contribution < 1.29 is 14.7 Å². The van der Waals surface area contributed by atoms with Crippen LogP contribution in [-0.2, 0) is 4.79 Å². The van der Waals surface area contributed by atoms with E-state index >= 15 is 0 Å². The summed E-state index contributed by atoms with van der Waals surface area (Å²) in [6.07, 6.45) is -0.0759. The minimum absolute atomic E-state index is 0.0759. The molecule has 0 fully saturated rings. The van der Waals surface area contributed by atoms with Gasteiger partial charge in [0.15, 0.2) is 0 Å². The fourth-order valence-corrected chi connectivity index (χ4v) is 1.28. The number of amides is 1. The van der Waals surface area contributed by atoms with Crippen LogP contribution in [0.1, 0.15) is 16.8 Å². The summed E-state index contributed by atoms with van der Waals surface area (Å²) < 4.78 is 0. The Labute approximate surface area is 93.5 Å². The van der Waals surface area contributed by atoms with Crippen molar-refractivity contribution in [3.63, 3.8) is 0 Å². The smallest absolute Gasteiger partial charge is 0.305 e. The highest BCUT2D eigenvalue weighted by atomic mass is 16.4. The Morgan fingerprint density at radius 3 is 2.62 bits per heavy atom. The lowest BCUT2D eigenvalue weighted by Crippen LogP contribution is -2.26. The van der Waals surface area contributed by atoms with Crippen molar-refractivity contribution in [1.29, 1.82) is 0 Å². The molecule has 0 aliphatic rings. The van der Waals surface area contributed by atoms with Gasteiger partial charge in [0, 0.05) is 19.3 Å². The van der Waals surface area contributed by atoms with Gasteiger partial charge in [0.05, 0.1) is 12.0 Å². The topological polar surface area (TPSA) is 78.4 Å². The molecule has 0 saturated carbocycles. The molecule has 3 N–H and O–H groups in total. The summed E-state index contributed by atoms with van der Waals surface area (Å²) in [5.74, 6) is -1.20. The highest BCUT2D eigenvalue weighted by Gasteiger charge is 2.09. The molecule has 0 unspecified atom stereocenters.